The van der Waals surface area contributed by atoms with Gasteiger partial charge in [-0.3, -0.25) is 9.09 Å². The van der Waals surface area contributed by atoms with Gasteiger partial charge in [0.25, 0.3) is 0 Å². The molecule has 1 saturated heterocycles. The number of aromatic nitrogens is 2. The van der Waals surface area contributed by atoms with Gasteiger partial charge in [-0.15, -0.1) is 0 Å². The van der Waals surface area contributed by atoms with Crippen LogP contribution in [0.3, 0.4) is 0 Å². The molecule has 0 aromatic carbocycles. The lowest BCUT2D eigenvalue weighted by atomic mass is 9.96. The summed E-state index contributed by atoms with van der Waals surface area (Å²) in [6, 6.07) is 1.30. The molecule has 30 heavy (non-hydrogen) atoms. The molecule has 172 valence electrons. The van der Waals surface area contributed by atoms with Crippen LogP contribution >= 0.6 is 23.5 Å². The molecule has 0 radical (unpaired) electrons. The summed E-state index contributed by atoms with van der Waals surface area (Å²) in [7, 11) is -16.7. The number of nitrogens with two attached hydrogens (primary N) is 1. The van der Waals surface area contributed by atoms with E-state index in [4.69, 9.17) is 25.2 Å². The lowest BCUT2D eigenvalue weighted by molar-refractivity contribution is -0.111. The number of hydrogen-bond acceptors (Lipinski definition) is 10. The minimum absolute atomic E-state index is 0.0497. The van der Waals surface area contributed by atoms with E-state index in [1.807, 2.05) is 0 Å². The van der Waals surface area contributed by atoms with E-state index in [0.29, 0.717) is 0 Å². The number of rotatable bonds is 9. The normalized spacial score (nSPS) is 28.7. The van der Waals surface area contributed by atoms with E-state index in [9.17, 15) is 27.8 Å². The largest absolute Gasteiger partial charge is 0.490 e. The molecule has 1 aliphatic rings. The summed E-state index contributed by atoms with van der Waals surface area (Å²) < 4.78 is 65.7. The Morgan fingerprint density at radius 3 is 2.47 bits per heavy atom. The second-order valence-electron chi connectivity index (χ2n) is 6.41. The average molecular weight is 497 g/mol. The molecular formula is C11H19FN3O12P3. The Labute approximate surface area is 168 Å². The van der Waals surface area contributed by atoms with Crippen molar-refractivity contribution < 1.29 is 55.5 Å². The van der Waals surface area contributed by atoms with E-state index in [1.54, 1.807) is 6.92 Å². The van der Waals surface area contributed by atoms with Gasteiger partial charge in [-0.25, -0.2) is 22.9 Å². The van der Waals surface area contributed by atoms with Gasteiger partial charge in [0, 0.05) is 12.1 Å². The predicted molar refractivity (Wildman–Crippen MR) is 95.3 cm³/mol. The Hall–Kier alpha value is -1.02. The van der Waals surface area contributed by atoms with Crippen LogP contribution in [0.1, 0.15) is 19.6 Å². The summed E-state index contributed by atoms with van der Waals surface area (Å²) in [6.45, 7) is -0.637. The molecular weight excluding hydrogens is 478 g/mol. The molecule has 1 aromatic heterocycles. The van der Waals surface area contributed by atoms with Crippen molar-refractivity contribution in [1.82, 2.24) is 9.55 Å². The lowest BCUT2D eigenvalue weighted by Gasteiger charge is -2.27. The van der Waals surface area contributed by atoms with Crippen molar-refractivity contribution in [2.45, 2.75) is 25.2 Å². The first kappa shape index (κ1) is 25.2. The molecule has 1 aliphatic heterocycles. The maximum Gasteiger partial charge on any atom is 0.490 e. The highest BCUT2D eigenvalue weighted by atomic mass is 31.3. The van der Waals surface area contributed by atoms with Gasteiger partial charge >= 0.3 is 29.2 Å². The Bertz CT molecular complexity index is 984. The fraction of sp³-hybridized carbons (Fsp3) is 0.636. The van der Waals surface area contributed by atoms with Crippen molar-refractivity contribution >= 4 is 29.3 Å². The number of phosphoric ester groups is 1. The van der Waals surface area contributed by atoms with Crippen LogP contribution in [0.4, 0.5) is 10.2 Å². The van der Waals surface area contributed by atoms with Gasteiger partial charge in [0.05, 0.1) is 6.61 Å². The van der Waals surface area contributed by atoms with Gasteiger partial charge in [-0.2, -0.15) is 13.6 Å². The molecule has 6 N–H and O–H groups in total. The summed E-state index contributed by atoms with van der Waals surface area (Å²) in [6.07, 6.45) is 0.120. The minimum Gasteiger partial charge on any atom is -0.383 e. The molecule has 0 aliphatic carbocycles. The Morgan fingerprint density at radius 2 is 1.93 bits per heavy atom. The zero-order valence-corrected chi connectivity index (χ0v) is 17.9. The molecule has 15 nitrogen and oxygen atoms in total. The third kappa shape index (κ3) is 6.74. The third-order valence-electron chi connectivity index (χ3n) is 3.83. The van der Waals surface area contributed by atoms with Crippen LogP contribution in [-0.4, -0.2) is 48.0 Å². The molecule has 19 heteroatoms. The van der Waals surface area contributed by atoms with Crippen molar-refractivity contribution in [3.63, 3.8) is 0 Å². The number of alkyl halides is 1. The molecule has 4 unspecified atom stereocenters. The number of nitrogen functional groups attached to an aromatic ring is 1. The van der Waals surface area contributed by atoms with Gasteiger partial charge in [0.1, 0.15) is 24.3 Å². The summed E-state index contributed by atoms with van der Waals surface area (Å²) in [5, 5.41) is 0. The molecule has 0 amide bonds. The van der Waals surface area contributed by atoms with Crippen molar-refractivity contribution in [3.8, 4) is 0 Å². The van der Waals surface area contributed by atoms with Gasteiger partial charge in [0.2, 0.25) is 0 Å². The third-order valence-corrected chi connectivity index (χ3v) is 7.61. The number of hydrogen-bond donors (Lipinski definition) is 5. The fourth-order valence-corrected chi connectivity index (χ4v) is 5.87. The second-order valence-corrected chi connectivity index (χ2v) is 10.8. The van der Waals surface area contributed by atoms with Gasteiger partial charge in [-0.1, -0.05) is 6.92 Å². The number of halogens is 1. The highest BCUT2D eigenvalue weighted by Crippen LogP contribution is 2.66. The number of nitrogens with zero attached hydrogens (tertiary/aromatic N) is 2. The maximum atomic E-state index is 13.7. The van der Waals surface area contributed by atoms with Gasteiger partial charge < -0.3 is 30.0 Å². The first-order chi connectivity index (χ1) is 13.6. The van der Waals surface area contributed by atoms with E-state index in [-0.39, 0.29) is 12.2 Å². The van der Waals surface area contributed by atoms with E-state index in [0.717, 1.165) is 4.57 Å². The van der Waals surface area contributed by atoms with E-state index in [1.165, 1.54) is 12.3 Å². The number of ether oxygens (including phenoxy) is 1. The topological polar surface area (TPSA) is 230 Å². The standard InChI is InChI=1S/C11H19FN3O12P3/c1-7-4-11(5-12,25-9(7)15-3-2-8(13)14-10(15)16)6-24-29(20,21)27-30(22,23)26-28(17,18)19/h2-3,7,9H,4-6H2,1H3,(H,20,21)(H,22,23)(H2,13,14,16)(H2,17,18,19)/t7?,9?,11-/m1/s1. The summed E-state index contributed by atoms with van der Waals surface area (Å²) in [5.41, 5.74) is 2.77. The first-order valence-corrected chi connectivity index (χ1v) is 12.5. The van der Waals surface area contributed by atoms with Gasteiger partial charge in [-0.05, 0) is 12.5 Å². The maximum absolute atomic E-state index is 13.7. The number of phosphoric acid groups is 3. The van der Waals surface area contributed by atoms with Crippen LogP contribution in [0.5, 0.6) is 0 Å². The van der Waals surface area contributed by atoms with Crippen LogP contribution in [-0.2, 0) is 31.6 Å². The summed E-state index contributed by atoms with van der Waals surface area (Å²) in [5.74, 6) is -0.556. The monoisotopic (exact) mass is 497 g/mol. The Kier molecular flexibility index (Phi) is 7.44. The zero-order chi connectivity index (χ0) is 23.0. The predicted octanol–water partition coefficient (Wildman–Crippen LogP) is 0.432. The Balaban J connectivity index is 2.12. The molecule has 0 saturated carbocycles. The van der Waals surface area contributed by atoms with E-state index in [2.05, 4.69) is 18.1 Å². The fourth-order valence-electron chi connectivity index (χ4n) is 2.78. The van der Waals surface area contributed by atoms with Crippen LogP contribution < -0.4 is 11.4 Å². The molecule has 2 rings (SSSR count). The van der Waals surface area contributed by atoms with Crippen molar-refractivity contribution in [2.75, 3.05) is 19.0 Å². The number of anilines is 1. The van der Waals surface area contributed by atoms with Gasteiger partial charge in [0.15, 0.2) is 0 Å². The van der Waals surface area contributed by atoms with Crippen LogP contribution in [0.25, 0.3) is 0 Å². The molecule has 1 aromatic rings. The molecule has 0 spiro atoms. The van der Waals surface area contributed by atoms with E-state index < -0.39 is 60.2 Å². The SMILES string of the molecule is CC1C[C@@](CF)(COP(=O)(O)OP(=O)(O)OP(=O)(O)O)OC1n1ccc(N)nc1=O. The molecule has 5 atom stereocenters. The highest BCUT2D eigenvalue weighted by Gasteiger charge is 2.49. The summed E-state index contributed by atoms with van der Waals surface area (Å²) in [4.78, 5) is 51.2. The smallest absolute Gasteiger partial charge is 0.383 e. The Morgan fingerprint density at radius 1 is 1.30 bits per heavy atom. The van der Waals surface area contributed by atoms with Crippen molar-refractivity contribution in [1.29, 1.82) is 0 Å². The molecule has 2 heterocycles. The average Bonchev–Trinajstić information content (AvgIpc) is 2.87. The van der Waals surface area contributed by atoms with Crippen molar-refractivity contribution in [2.24, 2.45) is 5.92 Å². The zero-order valence-electron chi connectivity index (χ0n) is 15.2. The quantitative estimate of drug-likeness (QED) is 0.291. The van der Waals surface area contributed by atoms with Crippen molar-refractivity contribution in [3.05, 3.63) is 22.7 Å². The highest BCUT2D eigenvalue weighted by molar-refractivity contribution is 7.66. The molecule has 1 fully saturated rings. The van der Waals surface area contributed by atoms with Crippen LogP contribution in [0, 0.1) is 5.92 Å². The summed E-state index contributed by atoms with van der Waals surface area (Å²) >= 11 is 0. The van der Waals surface area contributed by atoms with Crippen LogP contribution in [0.2, 0.25) is 0 Å². The second kappa shape index (κ2) is 8.85. The molecule has 0 bridgehead atoms. The first-order valence-electron chi connectivity index (χ1n) is 7.94. The lowest BCUT2D eigenvalue weighted by Crippen LogP contribution is -2.38. The van der Waals surface area contributed by atoms with Crippen LogP contribution in [0.15, 0.2) is 17.1 Å². The van der Waals surface area contributed by atoms with E-state index >= 15 is 0 Å². The minimum atomic E-state index is -5.71.